The minimum absolute atomic E-state index is 0.352. The Morgan fingerprint density at radius 2 is 1.34 bits per heavy atom. The van der Waals surface area contributed by atoms with E-state index in [2.05, 4.69) is 0 Å². The van der Waals surface area contributed by atoms with Crippen molar-refractivity contribution in [2.45, 2.75) is 20.1 Å². The normalized spacial score (nSPS) is 10.8. The van der Waals surface area contributed by atoms with Crippen molar-refractivity contribution in [3.8, 4) is 34.3 Å². The summed E-state index contributed by atoms with van der Waals surface area (Å²) in [6, 6.07) is 27.1. The molecule has 5 aromatic rings. The second-order valence-corrected chi connectivity index (χ2v) is 8.83. The Bertz CT molecular complexity index is 1550. The molecular formula is C32H28O6. The van der Waals surface area contributed by atoms with Gasteiger partial charge in [-0.1, -0.05) is 60.7 Å². The quantitative estimate of drug-likeness (QED) is 0.183. The molecule has 192 valence electrons. The van der Waals surface area contributed by atoms with Crippen LogP contribution < -0.4 is 18.9 Å². The number of fused-ring (bicyclic) bond motifs is 1. The predicted molar refractivity (Wildman–Crippen MR) is 146 cm³/mol. The standard InChI is InChI=1S/C32H28O6/c1-21-26-14-24(18-33)15-27(34-2)31(26)38-30(21)25-16-28(35-3)32(37-20-23-12-8-5-9-13-23)29(17-25)36-19-22-10-6-4-7-11-22/h4-18H,19-20H2,1-3H3. The van der Waals surface area contributed by atoms with Crippen molar-refractivity contribution in [2.75, 3.05) is 14.2 Å². The maximum atomic E-state index is 11.5. The van der Waals surface area contributed by atoms with Crippen molar-refractivity contribution in [2.24, 2.45) is 0 Å². The molecule has 5 rings (SSSR count). The van der Waals surface area contributed by atoms with E-state index in [-0.39, 0.29) is 0 Å². The molecule has 0 fully saturated rings. The van der Waals surface area contributed by atoms with E-state index in [1.165, 1.54) is 0 Å². The third kappa shape index (κ3) is 5.06. The van der Waals surface area contributed by atoms with Crippen LogP contribution in [0.3, 0.4) is 0 Å². The number of aryl methyl sites for hydroxylation is 1. The number of rotatable bonds is 10. The summed E-state index contributed by atoms with van der Waals surface area (Å²) in [5.41, 5.74) is 4.76. The molecule has 0 radical (unpaired) electrons. The number of aldehydes is 1. The number of hydrogen-bond acceptors (Lipinski definition) is 6. The van der Waals surface area contributed by atoms with Gasteiger partial charge in [-0.25, -0.2) is 0 Å². The van der Waals surface area contributed by atoms with Crippen LogP contribution in [-0.2, 0) is 13.2 Å². The Balaban J connectivity index is 1.60. The highest BCUT2D eigenvalue weighted by atomic mass is 16.5. The van der Waals surface area contributed by atoms with Crippen LogP contribution in [0.25, 0.3) is 22.3 Å². The molecule has 38 heavy (non-hydrogen) atoms. The second kappa shape index (κ2) is 11.1. The van der Waals surface area contributed by atoms with E-state index in [1.807, 2.05) is 79.7 Å². The highest BCUT2D eigenvalue weighted by Crippen LogP contribution is 2.45. The van der Waals surface area contributed by atoms with Gasteiger partial charge in [0.15, 0.2) is 22.8 Å². The van der Waals surface area contributed by atoms with Gasteiger partial charge < -0.3 is 23.4 Å². The summed E-state index contributed by atoms with van der Waals surface area (Å²) >= 11 is 0. The lowest BCUT2D eigenvalue weighted by Crippen LogP contribution is -2.03. The minimum atomic E-state index is 0.352. The fraction of sp³-hybridized carbons (Fsp3) is 0.156. The molecule has 0 unspecified atom stereocenters. The summed E-state index contributed by atoms with van der Waals surface area (Å²) in [5.74, 6) is 2.67. The third-order valence-electron chi connectivity index (χ3n) is 6.35. The Morgan fingerprint density at radius 3 is 1.95 bits per heavy atom. The first kappa shape index (κ1) is 25.0. The Kier molecular flexibility index (Phi) is 7.31. The van der Waals surface area contributed by atoms with E-state index in [0.717, 1.165) is 33.9 Å². The maximum Gasteiger partial charge on any atom is 0.203 e. The average molecular weight is 509 g/mol. The van der Waals surface area contributed by atoms with Crippen LogP contribution in [-0.4, -0.2) is 20.5 Å². The molecule has 0 spiro atoms. The van der Waals surface area contributed by atoms with E-state index in [0.29, 0.717) is 53.1 Å². The van der Waals surface area contributed by atoms with Gasteiger partial charge in [0.2, 0.25) is 5.75 Å². The van der Waals surface area contributed by atoms with E-state index >= 15 is 0 Å². The average Bonchev–Trinajstić information content (AvgIpc) is 3.31. The number of ether oxygens (including phenoxy) is 4. The second-order valence-electron chi connectivity index (χ2n) is 8.83. The zero-order chi connectivity index (χ0) is 26.5. The fourth-order valence-electron chi connectivity index (χ4n) is 4.38. The summed E-state index contributed by atoms with van der Waals surface area (Å²) < 4.78 is 30.1. The van der Waals surface area contributed by atoms with Crippen molar-refractivity contribution in [3.05, 3.63) is 107 Å². The van der Waals surface area contributed by atoms with E-state index in [1.54, 1.807) is 26.4 Å². The van der Waals surface area contributed by atoms with Crippen molar-refractivity contribution in [3.63, 3.8) is 0 Å². The largest absolute Gasteiger partial charge is 0.493 e. The van der Waals surface area contributed by atoms with Gasteiger partial charge in [-0.05, 0) is 42.3 Å². The topological polar surface area (TPSA) is 67.1 Å². The van der Waals surface area contributed by atoms with Crippen molar-refractivity contribution in [1.82, 2.24) is 0 Å². The Morgan fingerprint density at radius 1 is 0.737 bits per heavy atom. The van der Waals surface area contributed by atoms with Crippen molar-refractivity contribution < 1.29 is 28.2 Å². The van der Waals surface area contributed by atoms with Gasteiger partial charge in [0.1, 0.15) is 25.3 Å². The van der Waals surface area contributed by atoms with E-state index < -0.39 is 0 Å². The molecule has 0 atom stereocenters. The molecule has 0 aliphatic rings. The Labute approximate surface area is 221 Å². The lowest BCUT2D eigenvalue weighted by molar-refractivity contribution is 0.112. The van der Waals surface area contributed by atoms with Gasteiger partial charge in [-0.15, -0.1) is 0 Å². The Hall–Kier alpha value is -4.71. The van der Waals surface area contributed by atoms with Gasteiger partial charge in [0, 0.05) is 22.1 Å². The van der Waals surface area contributed by atoms with Gasteiger partial charge in [0.05, 0.1) is 14.2 Å². The first-order valence-corrected chi connectivity index (χ1v) is 12.2. The molecule has 6 heteroatoms. The molecule has 1 aromatic heterocycles. The number of hydrogen-bond donors (Lipinski definition) is 0. The number of carbonyl (C=O) groups excluding carboxylic acids is 1. The summed E-state index contributed by atoms with van der Waals surface area (Å²) in [6.07, 6.45) is 0.797. The molecule has 0 saturated carbocycles. The molecular weight excluding hydrogens is 480 g/mol. The molecule has 1 heterocycles. The monoisotopic (exact) mass is 508 g/mol. The van der Waals surface area contributed by atoms with Gasteiger partial charge in [-0.3, -0.25) is 4.79 Å². The summed E-state index contributed by atoms with van der Waals surface area (Å²) in [6.45, 7) is 2.66. The molecule has 0 saturated heterocycles. The van der Waals surface area contributed by atoms with E-state index in [9.17, 15) is 4.79 Å². The van der Waals surface area contributed by atoms with Crippen LogP contribution in [0.4, 0.5) is 0 Å². The first-order valence-electron chi connectivity index (χ1n) is 12.2. The molecule has 0 aliphatic heterocycles. The minimum Gasteiger partial charge on any atom is -0.493 e. The van der Waals surface area contributed by atoms with Gasteiger partial charge >= 0.3 is 0 Å². The van der Waals surface area contributed by atoms with Crippen LogP contribution >= 0.6 is 0 Å². The van der Waals surface area contributed by atoms with Crippen LogP contribution in [0, 0.1) is 6.92 Å². The zero-order valence-electron chi connectivity index (χ0n) is 21.5. The lowest BCUT2D eigenvalue weighted by Gasteiger charge is -2.17. The van der Waals surface area contributed by atoms with Crippen LogP contribution in [0.1, 0.15) is 27.0 Å². The molecule has 4 aromatic carbocycles. The highest BCUT2D eigenvalue weighted by Gasteiger charge is 2.22. The van der Waals surface area contributed by atoms with Crippen molar-refractivity contribution in [1.29, 1.82) is 0 Å². The van der Waals surface area contributed by atoms with Crippen LogP contribution in [0.2, 0.25) is 0 Å². The van der Waals surface area contributed by atoms with Gasteiger partial charge in [0.25, 0.3) is 0 Å². The number of methoxy groups -OCH3 is 2. The number of benzene rings is 4. The van der Waals surface area contributed by atoms with Gasteiger partial charge in [-0.2, -0.15) is 0 Å². The van der Waals surface area contributed by atoms with Crippen molar-refractivity contribution >= 4 is 17.3 Å². The number of furan rings is 1. The zero-order valence-corrected chi connectivity index (χ0v) is 21.5. The summed E-state index contributed by atoms with van der Waals surface area (Å²) in [5, 5.41) is 0.802. The molecule has 0 aliphatic carbocycles. The van der Waals surface area contributed by atoms with E-state index in [4.69, 9.17) is 23.4 Å². The number of carbonyl (C=O) groups is 1. The summed E-state index contributed by atoms with van der Waals surface area (Å²) in [4.78, 5) is 11.5. The molecule has 0 N–H and O–H groups in total. The smallest absolute Gasteiger partial charge is 0.203 e. The third-order valence-corrected chi connectivity index (χ3v) is 6.35. The first-order chi connectivity index (χ1) is 18.6. The van der Waals surface area contributed by atoms with Crippen LogP contribution in [0.15, 0.2) is 89.3 Å². The lowest BCUT2D eigenvalue weighted by atomic mass is 10.0. The van der Waals surface area contributed by atoms with Crippen LogP contribution in [0.5, 0.6) is 23.0 Å². The molecule has 6 nitrogen and oxygen atoms in total. The highest BCUT2D eigenvalue weighted by molar-refractivity contribution is 5.96. The fourth-order valence-corrected chi connectivity index (χ4v) is 4.38. The maximum absolute atomic E-state index is 11.5. The predicted octanol–water partition coefficient (Wildman–Crippen LogP) is 7.40. The SMILES string of the molecule is COc1cc(-c2oc3c(OC)cc(C=O)cc3c2C)cc(OCc2ccccc2)c1OCc1ccccc1. The molecule has 0 amide bonds. The molecule has 0 bridgehead atoms. The summed E-state index contributed by atoms with van der Waals surface area (Å²) in [7, 11) is 3.15.